The summed E-state index contributed by atoms with van der Waals surface area (Å²) in [5.74, 6) is -0.0625. The fraction of sp³-hybridized carbons (Fsp3) is 0.400. The van der Waals surface area contributed by atoms with Gasteiger partial charge in [0.25, 0.3) is 5.91 Å². The van der Waals surface area contributed by atoms with Crippen molar-refractivity contribution >= 4 is 17.5 Å². The van der Waals surface area contributed by atoms with Gasteiger partial charge in [-0.3, -0.25) is 9.69 Å². The molecule has 116 valence electrons. The van der Waals surface area contributed by atoms with Gasteiger partial charge >= 0.3 is 0 Å². The summed E-state index contributed by atoms with van der Waals surface area (Å²) in [4.78, 5) is 16.4. The molecule has 0 radical (unpaired) electrons. The van der Waals surface area contributed by atoms with E-state index < -0.39 is 0 Å². The molecule has 1 aromatic carbocycles. The molecule has 22 heavy (non-hydrogen) atoms. The third kappa shape index (κ3) is 3.13. The van der Waals surface area contributed by atoms with E-state index in [0.717, 1.165) is 18.1 Å². The van der Waals surface area contributed by atoms with Crippen LogP contribution in [0, 0.1) is 0 Å². The number of aromatic nitrogens is 3. The first-order valence-electron chi connectivity index (χ1n) is 7.29. The maximum atomic E-state index is 12.2. The van der Waals surface area contributed by atoms with Crippen molar-refractivity contribution in [3.63, 3.8) is 0 Å². The van der Waals surface area contributed by atoms with Crippen molar-refractivity contribution in [2.45, 2.75) is 13.0 Å². The summed E-state index contributed by atoms with van der Waals surface area (Å²) in [6.07, 6.45) is 1.46. The molecular formula is C15H18ClN5O. The van der Waals surface area contributed by atoms with Crippen molar-refractivity contribution in [2.24, 2.45) is 0 Å². The van der Waals surface area contributed by atoms with Crippen LogP contribution in [0.3, 0.4) is 0 Å². The Bertz CT molecular complexity index is 620. The fourth-order valence-electron chi connectivity index (χ4n) is 2.73. The second kappa shape index (κ2) is 6.46. The van der Waals surface area contributed by atoms with Crippen LogP contribution in [0.15, 0.2) is 30.5 Å². The van der Waals surface area contributed by atoms with Crippen molar-refractivity contribution in [3.05, 3.63) is 46.7 Å². The van der Waals surface area contributed by atoms with E-state index in [1.165, 1.54) is 11.8 Å². The van der Waals surface area contributed by atoms with Crippen LogP contribution in [-0.4, -0.2) is 57.3 Å². The van der Waals surface area contributed by atoms with Gasteiger partial charge in [-0.1, -0.05) is 23.7 Å². The number of nitrogens with zero attached hydrogens (tertiary/aromatic N) is 4. The highest BCUT2D eigenvalue weighted by molar-refractivity contribution is 6.30. The van der Waals surface area contributed by atoms with E-state index in [0.29, 0.717) is 24.8 Å². The van der Waals surface area contributed by atoms with Crippen LogP contribution in [0.2, 0.25) is 5.02 Å². The highest BCUT2D eigenvalue weighted by Gasteiger charge is 2.26. The summed E-state index contributed by atoms with van der Waals surface area (Å²) in [7, 11) is 0. The van der Waals surface area contributed by atoms with Crippen molar-refractivity contribution < 1.29 is 4.79 Å². The smallest absolute Gasteiger partial charge is 0.276 e. The van der Waals surface area contributed by atoms with Crippen molar-refractivity contribution in [1.82, 2.24) is 25.2 Å². The lowest BCUT2D eigenvalue weighted by molar-refractivity contribution is 0.0576. The molecule has 6 nitrogen and oxygen atoms in total. The minimum atomic E-state index is -0.0625. The zero-order valence-electron chi connectivity index (χ0n) is 12.4. The highest BCUT2D eigenvalue weighted by Crippen LogP contribution is 2.23. The molecule has 0 aliphatic carbocycles. The number of aromatic amines is 1. The third-order valence-electron chi connectivity index (χ3n) is 4.14. The van der Waals surface area contributed by atoms with Crippen LogP contribution in [0.4, 0.5) is 0 Å². The Labute approximate surface area is 134 Å². The van der Waals surface area contributed by atoms with Crippen LogP contribution in [0.25, 0.3) is 0 Å². The third-order valence-corrected chi connectivity index (χ3v) is 4.39. The summed E-state index contributed by atoms with van der Waals surface area (Å²) >= 11 is 5.93. The second-order valence-corrected chi connectivity index (χ2v) is 5.85. The van der Waals surface area contributed by atoms with Gasteiger partial charge in [-0.15, -0.1) is 0 Å². The number of rotatable bonds is 3. The first-order valence-corrected chi connectivity index (χ1v) is 7.67. The first-order chi connectivity index (χ1) is 10.6. The molecule has 0 saturated carbocycles. The lowest BCUT2D eigenvalue weighted by Crippen LogP contribution is -2.49. The predicted octanol–water partition coefficient (Wildman–Crippen LogP) is 1.98. The molecule has 1 amide bonds. The van der Waals surface area contributed by atoms with Crippen LogP contribution in [-0.2, 0) is 0 Å². The lowest BCUT2D eigenvalue weighted by Gasteiger charge is -2.38. The molecule has 0 spiro atoms. The van der Waals surface area contributed by atoms with Gasteiger partial charge in [-0.05, 0) is 24.6 Å². The SMILES string of the molecule is CC(c1ccc(Cl)cc1)N1CCN(C(=O)c2cn[nH]n2)CC1. The van der Waals surface area contributed by atoms with Gasteiger partial charge in [0.1, 0.15) is 0 Å². The molecule has 1 atom stereocenters. The number of H-pyrrole nitrogens is 1. The molecule has 1 aliphatic heterocycles. The summed E-state index contributed by atoms with van der Waals surface area (Å²) in [6.45, 7) is 5.26. The standard InChI is InChI=1S/C15H18ClN5O/c1-11(12-2-4-13(16)5-3-12)20-6-8-21(9-7-20)15(22)14-10-17-19-18-14/h2-5,10-11H,6-9H2,1H3,(H,17,18,19). The average molecular weight is 320 g/mol. The summed E-state index contributed by atoms with van der Waals surface area (Å²) < 4.78 is 0. The van der Waals surface area contributed by atoms with E-state index in [4.69, 9.17) is 11.6 Å². The molecule has 1 N–H and O–H groups in total. The number of carbonyl (C=O) groups excluding carboxylic acids is 1. The van der Waals surface area contributed by atoms with Crippen LogP contribution < -0.4 is 0 Å². The van der Waals surface area contributed by atoms with Gasteiger partial charge in [0.05, 0.1) is 6.20 Å². The lowest BCUT2D eigenvalue weighted by atomic mass is 10.1. The van der Waals surface area contributed by atoms with Gasteiger partial charge in [-0.25, -0.2) is 0 Å². The van der Waals surface area contributed by atoms with E-state index >= 15 is 0 Å². The number of hydrogen-bond acceptors (Lipinski definition) is 4. The quantitative estimate of drug-likeness (QED) is 0.939. The number of carbonyl (C=O) groups is 1. The molecule has 2 aromatic rings. The average Bonchev–Trinajstić information content (AvgIpc) is 3.09. The fourth-order valence-corrected chi connectivity index (χ4v) is 2.86. The van der Waals surface area contributed by atoms with Crippen LogP contribution in [0.1, 0.15) is 29.0 Å². The van der Waals surface area contributed by atoms with Gasteiger partial charge in [-0.2, -0.15) is 15.4 Å². The molecule has 1 aliphatic rings. The zero-order valence-corrected chi connectivity index (χ0v) is 13.1. The molecule has 1 unspecified atom stereocenters. The van der Waals surface area contributed by atoms with Gasteiger partial charge in [0, 0.05) is 37.2 Å². The van der Waals surface area contributed by atoms with Gasteiger partial charge in [0.2, 0.25) is 0 Å². The maximum absolute atomic E-state index is 12.2. The minimum absolute atomic E-state index is 0.0625. The molecule has 1 aromatic heterocycles. The first kappa shape index (κ1) is 15.0. The predicted molar refractivity (Wildman–Crippen MR) is 83.7 cm³/mol. The van der Waals surface area contributed by atoms with Crippen LogP contribution >= 0.6 is 11.6 Å². The Morgan fingerprint density at radius 3 is 2.50 bits per heavy atom. The Morgan fingerprint density at radius 2 is 1.91 bits per heavy atom. The van der Waals surface area contributed by atoms with Gasteiger partial charge in [0.15, 0.2) is 5.69 Å². The summed E-state index contributed by atoms with van der Waals surface area (Å²) in [5, 5.41) is 10.8. The number of piperazine rings is 1. The van der Waals surface area contributed by atoms with E-state index in [-0.39, 0.29) is 5.91 Å². The Morgan fingerprint density at radius 1 is 1.23 bits per heavy atom. The van der Waals surface area contributed by atoms with E-state index in [9.17, 15) is 4.79 Å². The topological polar surface area (TPSA) is 65.1 Å². The molecule has 7 heteroatoms. The molecular weight excluding hydrogens is 302 g/mol. The number of hydrogen-bond donors (Lipinski definition) is 1. The van der Waals surface area contributed by atoms with Crippen molar-refractivity contribution in [1.29, 1.82) is 0 Å². The number of halogens is 1. The van der Waals surface area contributed by atoms with E-state index in [1.54, 1.807) is 0 Å². The highest BCUT2D eigenvalue weighted by atomic mass is 35.5. The Balaban J connectivity index is 1.59. The maximum Gasteiger partial charge on any atom is 0.276 e. The largest absolute Gasteiger partial charge is 0.335 e. The molecule has 1 saturated heterocycles. The van der Waals surface area contributed by atoms with Crippen molar-refractivity contribution in [3.8, 4) is 0 Å². The van der Waals surface area contributed by atoms with Gasteiger partial charge < -0.3 is 4.90 Å². The Hall–Kier alpha value is -1.92. The number of benzene rings is 1. The van der Waals surface area contributed by atoms with E-state index in [1.807, 2.05) is 17.0 Å². The minimum Gasteiger partial charge on any atom is -0.335 e. The molecule has 2 heterocycles. The molecule has 1 fully saturated rings. The monoisotopic (exact) mass is 319 g/mol. The summed E-state index contributed by atoms with van der Waals surface area (Å²) in [6, 6.07) is 8.25. The number of nitrogens with one attached hydrogen (secondary N) is 1. The second-order valence-electron chi connectivity index (χ2n) is 5.41. The number of amides is 1. The summed E-state index contributed by atoms with van der Waals surface area (Å²) in [5.41, 5.74) is 1.61. The van der Waals surface area contributed by atoms with Crippen LogP contribution in [0.5, 0.6) is 0 Å². The van der Waals surface area contributed by atoms with Crippen molar-refractivity contribution in [2.75, 3.05) is 26.2 Å². The normalized spacial score (nSPS) is 17.5. The zero-order chi connectivity index (χ0) is 15.5. The van der Waals surface area contributed by atoms with E-state index in [2.05, 4.69) is 39.4 Å². The molecule has 0 bridgehead atoms. The molecule has 3 rings (SSSR count). The Kier molecular flexibility index (Phi) is 4.40.